The highest BCUT2D eigenvalue weighted by Gasteiger charge is 2.27. The molecule has 140 valence electrons. The van der Waals surface area contributed by atoms with Crippen molar-refractivity contribution in [2.45, 2.75) is 39.8 Å². The van der Waals surface area contributed by atoms with E-state index in [9.17, 15) is 19.8 Å². The summed E-state index contributed by atoms with van der Waals surface area (Å²) in [4.78, 5) is 23.9. The minimum absolute atomic E-state index is 0.00697. The van der Waals surface area contributed by atoms with Crippen LogP contribution in [0.15, 0.2) is 18.2 Å². The lowest BCUT2D eigenvalue weighted by atomic mass is 9.91. The van der Waals surface area contributed by atoms with E-state index >= 15 is 0 Å². The van der Waals surface area contributed by atoms with Gasteiger partial charge in [0, 0.05) is 11.1 Å². The molecule has 0 fully saturated rings. The molecule has 25 heavy (non-hydrogen) atoms. The second kappa shape index (κ2) is 8.91. The molecule has 8 heteroatoms. The molecule has 0 saturated heterocycles. The molecule has 4 N–H and O–H groups in total. The molecule has 0 saturated carbocycles. The Bertz CT molecular complexity index is 607. The van der Waals surface area contributed by atoms with E-state index in [-0.39, 0.29) is 29.9 Å². The number of carbonyl (C=O) groups excluding carboxylic acids is 2. The highest BCUT2D eigenvalue weighted by Crippen LogP contribution is 2.23. The molecule has 0 atom stereocenters. The predicted molar refractivity (Wildman–Crippen MR) is 86.1 cm³/mol. The van der Waals surface area contributed by atoms with Gasteiger partial charge in [-0.2, -0.15) is 0 Å². The quantitative estimate of drug-likeness (QED) is 0.305. The summed E-state index contributed by atoms with van der Waals surface area (Å²) in [5.41, 5.74) is -1.00. The molecule has 0 aliphatic carbocycles. The van der Waals surface area contributed by atoms with Gasteiger partial charge in [-0.25, -0.2) is 4.79 Å². The zero-order chi connectivity index (χ0) is 19.2. The highest BCUT2D eigenvalue weighted by molar-refractivity contribution is 5.91. The van der Waals surface area contributed by atoms with Crippen LogP contribution in [0.5, 0.6) is 0 Å². The lowest BCUT2D eigenvalue weighted by Crippen LogP contribution is -2.27. The van der Waals surface area contributed by atoms with Gasteiger partial charge in [-0.15, -0.1) is 0 Å². The van der Waals surface area contributed by atoms with Crippen molar-refractivity contribution in [3.8, 4) is 0 Å². The minimum Gasteiger partial charge on any atom is -0.462 e. The van der Waals surface area contributed by atoms with Crippen LogP contribution < -0.4 is 0 Å². The van der Waals surface area contributed by atoms with E-state index in [2.05, 4.69) is 0 Å². The second-order valence-electron chi connectivity index (χ2n) is 6.10. The fourth-order valence-corrected chi connectivity index (χ4v) is 1.82. The van der Waals surface area contributed by atoms with Gasteiger partial charge in [0.25, 0.3) is 0 Å². The summed E-state index contributed by atoms with van der Waals surface area (Å²) in [5.74, 6) is -1.32. The zero-order valence-electron chi connectivity index (χ0n) is 14.4. The van der Waals surface area contributed by atoms with Gasteiger partial charge in [0.2, 0.25) is 0 Å². The number of hydrogen-bond acceptors (Lipinski definition) is 8. The van der Waals surface area contributed by atoms with Crippen LogP contribution in [0.2, 0.25) is 0 Å². The monoisotopic (exact) mass is 356 g/mol. The van der Waals surface area contributed by atoms with Crippen molar-refractivity contribution in [3.05, 3.63) is 34.9 Å². The maximum Gasteiger partial charge on any atom is 0.338 e. The molecule has 1 aromatic carbocycles. The standard InChI is InChI=1S/C17H24O8/c1-4-17(2,3)16(23)25-8-7-24-15(22)12-9-10(13(18)19)5-6-11(12)14(20)21/h5-6,9,13-14,18-21H,4,7-8H2,1-3H3. The van der Waals surface area contributed by atoms with E-state index < -0.39 is 29.9 Å². The van der Waals surface area contributed by atoms with Crippen LogP contribution >= 0.6 is 0 Å². The van der Waals surface area contributed by atoms with Crippen molar-refractivity contribution < 1.29 is 39.5 Å². The second-order valence-corrected chi connectivity index (χ2v) is 6.10. The van der Waals surface area contributed by atoms with Crippen LogP contribution in [0, 0.1) is 5.41 Å². The Kier molecular flexibility index (Phi) is 7.50. The largest absolute Gasteiger partial charge is 0.462 e. The number of hydrogen-bond donors (Lipinski definition) is 4. The summed E-state index contributed by atoms with van der Waals surface area (Å²) in [5, 5.41) is 36.9. The van der Waals surface area contributed by atoms with Crippen LogP contribution in [0.25, 0.3) is 0 Å². The molecule has 0 spiro atoms. The summed E-state index contributed by atoms with van der Waals surface area (Å²) in [7, 11) is 0. The first-order valence-electron chi connectivity index (χ1n) is 7.80. The van der Waals surface area contributed by atoms with Crippen LogP contribution in [0.3, 0.4) is 0 Å². The van der Waals surface area contributed by atoms with Gasteiger partial charge >= 0.3 is 11.9 Å². The first kappa shape index (κ1) is 21.0. The number of ether oxygens (including phenoxy) is 2. The van der Waals surface area contributed by atoms with Crippen molar-refractivity contribution in [1.29, 1.82) is 0 Å². The van der Waals surface area contributed by atoms with E-state index in [4.69, 9.17) is 19.7 Å². The van der Waals surface area contributed by atoms with Crippen molar-refractivity contribution in [1.82, 2.24) is 0 Å². The number of aliphatic hydroxyl groups is 4. The van der Waals surface area contributed by atoms with Gasteiger partial charge in [-0.3, -0.25) is 4.79 Å². The van der Waals surface area contributed by atoms with Gasteiger partial charge < -0.3 is 29.9 Å². The van der Waals surface area contributed by atoms with E-state index in [1.54, 1.807) is 13.8 Å². The third kappa shape index (κ3) is 5.79. The smallest absolute Gasteiger partial charge is 0.338 e. The lowest BCUT2D eigenvalue weighted by Gasteiger charge is -2.20. The average Bonchev–Trinajstić information content (AvgIpc) is 2.57. The topological polar surface area (TPSA) is 134 Å². The van der Waals surface area contributed by atoms with Crippen LogP contribution in [0.1, 0.15) is 61.3 Å². The van der Waals surface area contributed by atoms with Gasteiger partial charge in [0.1, 0.15) is 13.2 Å². The lowest BCUT2D eigenvalue weighted by molar-refractivity contribution is -0.155. The average molecular weight is 356 g/mol. The summed E-state index contributed by atoms with van der Waals surface area (Å²) in [6.07, 6.45) is -3.16. The van der Waals surface area contributed by atoms with Gasteiger partial charge in [-0.1, -0.05) is 19.1 Å². The Morgan fingerprint density at radius 2 is 1.64 bits per heavy atom. The third-order valence-electron chi connectivity index (χ3n) is 3.86. The molecule has 1 rings (SSSR count). The Balaban J connectivity index is 2.71. The van der Waals surface area contributed by atoms with Crippen LogP contribution in [-0.4, -0.2) is 45.6 Å². The van der Waals surface area contributed by atoms with E-state index in [1.807, 2.05) is 6.92 Å². The van der Waals surface area contributed by atoms with Crippen LogP contribution in [0.4, 0.5) is 0 Å². The Labute approximate surface area is 145 Å². The van der Waals surface area contributed by atoms with Crippen molar-refractivity contribution in [3.63, 3.8) is 0 Å². The van der Waals surface area contributed by atoms with E-state index in [0.717, 1.165) is 6.07 Å². The fourth-order valence-electron chi connectivity index (χ4n) is 1.82. The molecular weight excluding hydrogens is 332 g/mol. The van der Waals surface area contributed by atoms with E-state index in [0.29, 0.717) is 6.42 Å². The highest BCUT2D eigenvalue weighted by atomic mass is 16.6. The van der Waals surface area contributed by atoms with Crippen molar-refractivity contribution in [2.75, 3.05) is 13.2 Å². The minimum atomic E-state index is -1.93. The number of rotatable bonds is 8. The van der Waals surface area contributed by atoms with E-state index in [1.165, 1.54) is 12.1 Å². The Morgan fingerprint density at radius 3 is 2.16 bits per heavy atom. The summed E-state index contributed by atoms with van der Waals surface area (Å²) in [6, 6.07) is 3.51. The molecule has 0 amide bonds. The molecule has 8 nitrogen and oxygen atoms in total. The fraction of sp³-hybridized carbons (Fsp3) is 0.529. The summed E-state index contributed by atoms with van der Waals surface area (Å²) < 4.78 is 9.98. The first-order valence-corrected chi connectivity index (χ1v) is 7.80. The third-order valence-corrected chi connectivity index (χ3v) is 3.86. The molecule has 1 aromatic rings. The molecule has 0 aliphatic heterocycles. The van der Waals surface area contributed by atoms with Crippen LogP contribution in [-0.2, 0) is 14.3 Å². The number of esters is 2. The molecule has 0 unspecified atom stereocenters. The maximum absolute atomic E-state index is 12.1. The van der Waals surface area contributed by atoms with Crippen molar-refractivity contribution >= 4 is 11.9 Å². The summed E-state index contributed by atoms with van der Waals surface area (Å²) >= 11 is 0. The molecule has 0 bridgehead atoms. The maximum atomic E-state index is 12.1. The molecular formula is C17H24O8. The normalized spacial score (nSPS) is 11.7. The zero-order valence-corrected chi connectivity index (χ0v) is 14.4. The predicted octanol–water partition coefficient (Wildman–Crippen LogP) is 0.789. The van der Waals surface area contributed by atoms with Gasteiger partial charge in [0.05, 0.1) is 11.0 Å². The van der Waals surface area contributed by atoms with Gasteiger partial charge in [-0.05, 0) is 26.3 Å². The van der Waals surface area contributed by atoms with Gasteiger partial charge in [0.15, 0.2) is 12.6 Å². The number of carbonyl (C=O) groups is 2. The number of aliphatic hydroxyl groups excluding tert-OH is 2. The summed E-state index contributed by atoms with van der Waals surface area (Å²) in [6.45, 7) is 4.96. The number of benzene rings is 1. The SMILES string of the molecule is CCC(C)(C)C(=O)OCCOC(=O)c1cc(C(O)O)ccc1C(O)O. The first-order chi connectivity index (χ1) is 11.6. The molecule has 0 radical (unpaired) electrons. The Hall–Kier alpha value is -2.00. The molecule has 0 aliphatic rings. The molecule has 0 aromatic heterocycles. The van der Waals surface area contributed by atoms with Crippen molar-refractivity contribution in [2.24, 2.45) is 5.41 Å². The molecule has 0 heterocycles. The Morgan fingerprint density at radius 1 is 1.04 bits per heavy atom.